The molecular weight excluding hydrogens is 460 g/mol. The fraction of sp³-hybridized carbons (Fsp3) is 0.500. The number of unbranched alkanes of at least 4 members (excludes halogenated alkanes) is 1. The van der Waals surface area contributed by atoms with Crippen molar-refractivity contribution in [1.82, 2.24) is 16.0 Å². The molecule has 0 heterocycles. The second-order valence-electron chi connectivity index (χ2n) is 8.12. The van der Waals surface area contributed by atoms with Gasteiger partial charge in [-0.25, -0.2) is 0 Å². The van der Waals surface area contributed by atoms with E-state index in [0.717, 1.165) is 0 Å². The first kappa shape index (κ1) is 29.3. The number of amides is 4. The number of aliphatic carboxylic acids is 1. The molecule has 1 aromatic rings. The van der Waals surface area contributed by atoms with E-state index in [2.05, 4.69) is 16.0 Å². The van der Waals surface area contributed by atoms with Gasteiger partial charge in [-0.1, -0.05) is 12.1 Å². The number of hydrogen-bond donors (Lipinski definition) is 8. The van der Waals surface area contributed by atoms with Crippen molar-refractivity contribution >= 4 is 29.6 Å². The quantitative estimate of drug-likeness (QED) is 0.123. The van der Waals surface area contributed by atoms with Crippen LogP contribution in [0.1, 0.15) is 38.2 Å². The molecule has 0 radical (unpaired) electrons. The molecule has 0 aromatic heterocycles. The van der Waals surface area contributed by atoms with Crippen LogP contribution >= 0.6 is 0 Å². The lowest BCUT2D eigenvalue weighted by atomic mass is 10.0. The molecule has 11 N–H and O–H groups in total. The van der Waals surface area contributed by atoms with E-state index in [1.807, 2.05) is 0 Å². The van der Waals surface area contributed by atoms with Gasteiger partial charge in [0.05, 0.1) is 12.5 Å². The van der Waals surface area contributed by atoms with Crippen molar-refractivity contribution in [2.24, 2.45) is 17.2 Å². The number of rotatable bonds is 15. The lowest BCUT2D eigenvalue weighted by Gasteiger charge is -2.25. The number of carbonyl (C=O) groups excluding carboxylic acids is 4. The summed E-state index contributed by atoms with van der Waals surface area (Å²) in [6, 6.07) is 1.14. The number of carboxylic acid groups (broad SMARTS) is 1. The van der Waals surface area contributed by atoms with Gasteiger partial charge in [0.2, 0.25) is 23.6 Å². The summed E-state index contributed by atoms with van der Waals surface area (Å²) in [5.41, 5.74) is 16.8. The Morgan fingerprint density at radius 3 is 2.03 bits per heavy atom. The number of benzene rings is 1. The number of aromatic hydroxyl groups is 1. The zero-order valence-corrected chi connectivity index (χ0v) is 19.5. The van der Waals surface area contributed by atoms with E-state index in [0.29, 0.717) is 24.9 Å². The number of carboxylic acids is 1. The van der Waals surface area contributed by atoms with Gasteiger partial charge in [-0.3, -0.25) is 24.0 Å². The number of phenolic OH excluding ortho intramolecular Hbond substituents is 1. The van der Waals surface area contributed by atoms with Crippen molar-refractivity contribution in [3.8, 4) is 5.75 Å². The van der Waals surface area contributed by atoms with Crippen LogP contribution in [0.15, 0.2) is 24.3 Å². The van der Waals surface area contributed by atoms with Crippen LogP contribution < -0.4 is 33.2 Å². The predicted molar refractivity (Wildman–Crippen MR) is 126 cm³/mol. The number of nitrogens with one attached hydrogen (secondary N) is 3. The van der Waals surface area contributed by atoms with Crippen LogP contribution in [0.25, 0.3) is 0 Å². The van der Waals surface area contributed by atoms with E-state index < -0.39 is 60.2 Å². The zero-order valence-electron chi connectivity index (χ0n) is 19.5. The van der Waals surface area contributed by atoms with Gasteiger partial charge >= 0.3 is 5.97 Å². The topological polar surface area (TPSA) is 240 Å². The number of carbonyl (C=O) groups is 5. The molecule has 13 heteroatoms. The summed E-state index contributed by atoms with van der Waals surface area (Å²) in [7, 11) is 0. The lowest BCUT2D eigenvalue weighted by molar-refractivity contribution is -0.141. The third kappa shape index (κ3) is 10.8. The molecule has 1 aromatic carbocycles. The summed E-state index contributed by atoms with van der Waals surface area (Å²) in [5.74, 6) is -4.26. The third-order valence-electron chi connectivity index (χ3n) is 5.08. The largest absolute Gasteiger partial charge is 0.508 e. The van der Waals surface area contributed by atoms with Crippen LogP contribution in [-0.4, -0.2) is 70.5 Å². The third-order valence-corrected chi connectivity index (χ3v) is 5.08. The van der Waals surface area contributed by atoms with Crippen LogP contribution in [0.3, 0.4) is 0 Å². The Kier molecular flexibility index (Phi) is 12.2. The van der Waals surface area contributed by atoms with E-state index in [9.17, 15) is 29.1 Å². The predicted octanol–water partition coefficient (Wildman–Crippen LogP) is -2.17. The van der Waals surface area contributed by atoms with Crippen LogP contribution in [-0.2, 0) is 30.4 Å². The summed E-state index contributed by atoms with van der Waals surface area (Å²) in [6.07, 6.45) is 0.791. The summed E-state index contributed by atoms with van der Waals surface area (Å²) in [5, 5.41) is 25.9. The summed E-state index contributed by atoms with van der Waals surface area (Å²) < 4.78 is 0. The molecule has 0 aliphatic rings. The van der Waals surface area contributed by atoms with Crippen molar-refractivity contribution in [2.75, 3.05) is 6.54 Å². The number of nitrogens with two attached hydrogens (primary N) is 3. The molecule has 0 saturated carbocycles. The average molecular weight is 495 g/mol. The highest BCUT2D eigenvalue weighted by atomic mass is 16.4. The monoisotopic (exact) mass is 494 g/mol. The van der Waals surface area contributed by atoms with E-state index in [1.54, 1.807) is 12.1 Å². The molecule has 0 saturated heterocycles. The van der Waals surface area contributed by atoms with Crippen molar-refractivity contribution in [2.45, 2.75) is 63.2 Å². The fourth-order valence-corrected chi connectivity index (χ4v) is 3.07. The molecule has 4 amide bonds. The minimum Gasteiger partial charge on any atom is -0.508 e. The standard InChI is InChI=1S/C22H34N6O7/c1-12(22(34)35)26-21(33)17(10-13-5-7-14(29)8-6-13)28-20(32)16(4-2-3-9-23)27-19(31)15(24)11-18(25)30/h5-8,12,15-17,29H,2-4,9-11,23-24H2,1H3,(H2,25,30)(H,26,33)(H,27,31)(H,28,32)(H,34,35). The van der Waals surface area contributed by atoms with Crippen molar-refractivity contribution in [3.63, 3.8) is 0 Å². The van der Waals surface area contributed by atoms with Crippen LogP contribution in [0, 0.1) is 0 Å². The van der Waals surface area contributed by atoms with Crippen LogP contribution in [0.5, 0.6) is 5.75 Å². The minimum atomic E-state index is -1.26. The number of hydrogen-bond acceptors (Lipinski definition) is 8. The van der Waals surface area contributed by atoms with E-state index in [-0.39, 0.29) is 18.6 Å². The molecule has 0 fully saturated rings. The van der Waals surface area contributed by atoms with E-state index in [4.69, 9.17) is 22.3 Å². The first-order valence-corrected chi connectivity index (χ1v) is 11.1. The van der Waals surface area contributed by atoms with Gasteiger partial charge in [0, 0.05) is 6.42 Å². The van der Waals surface area contributed by atoms with Gasteiger partial charge < -0.3 is 43.4 Å². The van der Waals surface area contributed by atoms with Crippen LogP contribution in [0.4, 0.5) is 0 Å². The van der Waals surface area contributed by atoms with E-state index >= 15 is 0 Å². The van der Waals surface area contributed by atoms with Crippen molar-refractivity contribution < 1.29 is 34.2 Å². The lowest BCUT2D eigenvalue weighted by Crippen LogP contribution is -2.57. The highest BCUT2D eigenvalue weighted by molar-refractivity contribution is 5.95. The highest BCUT2D eigenvalue weighted by Crippen LogP contribution is 2.12. The van der Waals surface area contributed by atoms with Gasteiger partial charge in [0.25, 0.3) is 0 Å². The maximum absolute atomic E-state index is 13.1. The van der Waals surface area contributed by atoms with E-state index in [1.165, 1.54) is 19.1 Å². The molecule has 13 nitrogen and oxygen atoms in total. The maximum atomic E-state index is 13.1. The van der Waals surface area contributed by atoms with Gasteiger partial charge in [-0.15, -0.1) is 0 Å². The van der Waals surface area contributed by atoms with Gasteiger partial charge in [-0.2, -0.15) is 0 Å². The summed E-state index contributed by atoms with van der Waals surface area (Å²) in [6.45, 7) is 1.64. The number of primary amides is 1. The average Bonchev–Trinajstić information content (AvgIpc) is 2.78. The van der Waals surface area contributed by atoms with Crippen molar-refractivity contribution in [1.29, 1.82) is 0 Å². The Morgan fingerprint density at radius 1 is 0.914 bits per heavy atom. The smallest absolute Gasteiger partial charge is 0.325 e. The highest BCUT2D eigenvalue weighted by Gasteiger charge is 2.29. The first-order chi connectivity index (χ1) is 16.4. The Labute approximate surface area is 202 Å². The molecule has 0 spiro atoms. The molecule has 0 aliphatic heterocycles. The maximum Gasteiger partial charge on any atom is 0.325 e. The Balaban J connectivity index is 3.07. The summed E-state index contributed by atoms with van der Waals surface area (Å²) in [4.78, 5) is 60.5. The van der Waals surface area contributed by atoms with Gasteiger partial charge in [-0.05, 0) is 50.4 Å². The molecule has 0 bridgehead atoms. The van der Waals surface area contributed by atoms with Crippen molar-refractivity contribution in [3.05, 3.63) is 29.8 Å². The van der Waals surface area contributed by atoms with Gasteiger partial charge in [0.1, 0.15) is 23.9 Å². The molecular formula is C22H34N6O7. The molecule has 4 unspecified atom stereocenters. The number of phenols is 1. The Morgan fingerprint density at radius 2 is 1.49 bits per heavy atom. The molecule has 1 rings (SSSR count). The molecule has 4 atom stereocenters. The summed E-state index contributed by atoms with van der Waals surface area (Å²) >= 11 is 0. The normalized spacial score (nSPS) is 14.1. The Hall–Kier alpha value is -3.71. The second-order valence-corrected chi connectivity index (χ2v) is 8.12. The molecule has 0 aliphatic carbocycles. The SMILES string of the molecule is CC(NC(=O)C(Cc1ccc(O)cc1)NC(=O)C(CCCCN)NC(=O)C(N)CC(N)=O)C(=O)O. The van der Waals surface area contributed by atoms with Gasteiger partial charge in [0.15, 0.2) is 0 Å². The second kappa shape index (κ2) is 14.5. The molecule has 194 valence electrons. The minimum absolute atomic E-state index is 0.00765. The Bertz CT molecular complexity index is 893. The fourth-order valence-electron chi connectivity index (χ4n) is 3.07. The first-order valence-electron chi connectivity index (χ1n) is 11.1. The molecule has 35 heavy (non-hydrogen) atoms. The van der Waals surface area contributed by atoms with Crippen LogP contribution in [0.2, 0.25) is 0 Å². The zero-order chi connectivity index (χ0) is 26.5.